The first-order valence-electron chi connectivity index (χ1n) is 3.75. The second kappa shape index (κ2) is 3.90. The second-order valence-electron chi connectivity index (χ2n) is 2.73. The number of fused-ring (bicyclic) bond motifs is 1. The molecule has 2 aromatic rings. The molecular formula is C9H4ClF2IS. The van der Waals surface area contributed by atoms with Crippen molar-refractivity contribution >= 4 is 55.6 Å². The summed E-state index contributed by atoms with van der Waals surface area (Å²) >= 11 is 9.45. The standard InChI is InChI=1S/C9H4ClF2IS/c10-6-2-1-4(9(11)12)5-3-7(13)14-8(5)6/h1-3,9H. The van der Waals surface area contributed by atoms with E-state index in [1.807, 2.05) is 0 Å². The van der Waals surface area contributed by atoms with Crippen molar-refractivity contribution in [2.75, 3.05) is 0 Å². The molecule has 0 radical (unpaired) electrons. The van der Waals surface area contributed by atoms with E-state index in [1.54, 1.807) is 6.07 Å². The molecule has 0 nitrogen and oxygen atoms in total. The first-order chi connectivity index (χ1) is 6.59. The van der Waals surface area contributed by atoms with Crippen molar-refractivity contribution < 1.29 is 8.78 Å². The van der Waals surface area contributed by atoms with Crippen molar-refractivity contribution in [3.8, 4) is 0 Å². The minimum atomic E-state index is -2.44. The Labute approximate surface area is 102 Å². The van der Waals surface area contributed by atoms with Gasteiger partial charge in [-0.3, -0.25) is 0 Å². The van der Waals surface area contributed by atoms with Crippen LogP contribution in [0.4, 0.5) is 8.78 Å². The van der Waals surface area contributed by atoms with E-state index in [1.165, 1.54) is 23.5 Å². The lowest BCUT2D eigenvalue weighted by Crippen LogP contribution is -1.84. The van der Waals surface area contributed by atoms with Crippen molar-refractivity contribution in [3.05, 3.63) is 31.7 Å². The summed E-state index contributed by atoms with van der Waals surface area (Å²) in [5, 5.41) is 1.11. The van der Waals surface area contributed by atoms with Crippen LogP contribution in [0.1, 0.15) is 12.0 Å². The van der Waals surface area contributed by atoms with Gasteiger partial charge >= 0.3 is 0 Å². The van der Waals surface area contributed by atoms with Gasteiger partial charge in [0.05, 0.1) is 12.6 Å². The lowest BCUT2D eigenvalue weighted by atomic mass is 10.1. The first-order valence-corrected chi connectivity index (χ1v) is 6.02. The van der Waals surface area contributed by atoms with Crippen molar-refractivity contribution in [1.29, 1.82) is 0 Å². The molecule has 0 amide bonds. The summed E-state index contributed by atoms with van der Waals surface area (Å²) in [7, 11) is 0. The van der Waals surface area contributed by atoms with E-state index in [2.05, 4.69) is 22.6 Å². The van der Waals surface area contributed by atoms with Crippen LogP contribution in [0.2, 0.25) is 5.02 Å². The highest BCUT2D eigenvalue weighted by Crippen LogP contribution is 2.37. The Bertz CT molecular complexity index is 481. The molecule has 0 saturated carbocycles. The zero-order valence-corrected chi connectivity index (χ0v) is 10.5. The third-order valence-corrected chi connectivity index (χ3v) is 4.23. The molecule has 1 aromatic carbocycles. The molecule has 0 saturated heterocycles. The van der Waals surface area contributed by atoms with Crippen LogP contribution in [-0.4, -0.2) is 0 Å². The molecule has 0 aliphatic carbocycles. The fraction of sp³-hybridized carbons (Fsp3) is 0.111. The van der Waals surface area contributed by atoms with Gasteiger partial charge in [0.15, 0.2) is 0 Å². The summed E-state index contributed by atoms with van der Waals surface area (Å²) in [6.07, 6.45) is -2.44. The summed E-state index contributed by atoms with van der Waals surface area (Å²) in [6.45, 7) is 0. The Balaban J connectivity index is 2.81. The van der Waals surface area contributed by atoms with Crippen LogP contribution in [0.15, 0.2) is 18.2 Å². The molecule has 2 rings (SSSR count). The number of alkyl halides is 2. The quantitative estimate of drug-likeness (QED) is 0.632. The second-order valence-corrected chi connectivity index (χ2v) is 6.08. The highest BCUT2D eigenvalue weighted by Gasteiger charge is 2.15. The summed E-state index contributed by atoms with van der Waals surface area (Å²) in [6, 6.07) is 4.66. The summed E-state index contributed by atoms with van der Waals surface area (Å²) < 4.78 is 26.9. The van der Waals surface area contributed by atoms with Crippen molar-refractivity contribution in [2.24, 2.45) is 0 Å². The van der Waals surface area contributed by atoms with Gasteiger partial charge in [-0.2, -0.15) is 0 Å². The lowest BCUT2D eigenvalue weighted by molar-refractivity contribution is 0.153. The smallest absolute Gasteiger partial charge is 0.205 e. The Kier molecular flexibility index (Phi) is 2.95. The predicted molar refractivity (Wildman–Crippen MR) is 64.5 cm³/mol. The average Bonchev–Trinajstić information content (AvgIpc) is 2.47. The average molecular weight is 345 g/mol. The molecule has 0 atom stereocenters. The molecule has 1 heterocycles. The zero-order valence-electron chi connectivity index (χ0n) is 6.73. The van der Waals surface area contributed by atoms with E-state index < -0.39 is 6.43 Å². The molecule has 0 spiro atoms. The molecule has 0 unspecified atom stereocenters. The third-order valence-electron chi connectivity index (χ3n) is 1.87. The largest absolute Gasteiger partial charge is 0.264 e. The lowest BCUT2D eigenvalue weighted by Gasteiger charge is -2.01. The number of hydrogen-bond acceptors (Lipinski definition) is 1. The first kappa shape index (κ1) is 10.6. The number of rotatable bonds is 1. The van der Waals surface area contributed by atoms with Crippen LogP contribution in [0.5, 0.6) is 0 Å². The Morgan fingerprint density at radius 2 is 2.07 bits per heavy atom. The highest BCUT2D eigenvalue weighted by molar-refractivity contribution is 14.1. The molecule has 0 aliphatic heterocycles. The van der Waals surface area contributed by atoms with E-state index in [0.29, 0.717) is 10.4 Å². The maximum Gasteiger partial charge on any atom is 0.264 e. The summed E-state index contributed by atoms with van der Waals surface area (Å²) in [5.74, 6) is 0. The van der Waals surface area contributed by atoms with E-state index in [4.69, 9.17) is 11.6 Å². The zero-order chi connectivity index (χ0) is 10.3. The highest BCUT2D eigenvalue weighted by atomic mass is 127. The monoisotopic (exact) mass is 344 g/mol. The minimum Gasteiger partial charge on any atom is -0.205 e. The van der Waals surface area contributed by atoms with Crippen LogP contribution in [0.25, 0.3) is 10.1 Å². The number of thiophene rings is 1. The van der Waals surface area contributed by atoms with Gasteiger partial charge in [-0.25, -0.2) is 8.78 Å². The Hall–Kier alpha value is 0.0600. The molecular weight excluding hydrogens is 341 g/mol. The summed E-state index contributed by atoms with van der Waals surface area (Å²) in [5.41, 5.74) is 0.0589. The van der Waals surface area contributed by atoms with Crippen LogP contribution < -0.4 is 0 Å². The minimum absolute atomic E-state index is 0.0589. The van der Waals surface area contributed by atoms with E-state index in [0.717, 1.165) is 7.58 Å². The van der Waals surface area contributed by atoms with E-state index >= 15 is 0 Å². The van der Waals surface area contributed by atoms with Gasteiger partial charge in [-0.1, -0.05) is 17.7 Å². The fourth-order valence-electron chi connectivity index (χ4n) is 1.27. The molecule has 0 aliphatic rings. The predicted octanol–water partition coefficient (Wildman–Crippen LogP) is 5.10. The maximum atomic E-state index is 12.6. The molecule has 0 bridgehead atoms. The number of benzene rings is 1. The topological polar surface area (TPSA) is 0 Å². The van der Waals surface area contributed by atoms with Crippen LogP contribution in [-0.2, 0) is 0 Å². The van der Waals surface area contributed by atoms with E-state index in [9.17, 15) is 8.78 Å². The SMILES string of the molecule is FC(F)c1ccc(Cl)c2sc(I)cc12. The third kappa shape index (κ3) is 1.75. The van der Waals surface area contributed by atoms with Gasteiger partial charge in [0.1, 0.15) is 0 Å². The van der Waals surface area contributed by atoms with Crippen molar-refractivity contribution in [3.63, 3.8) is 0 Å². The fourth-order valence-corrected chi connectivity index (χ4v) is 3.35. The molecule has 74 valence electrons. The molecule has 5 heteroatoms. The van der Waals surface area contributed by atoms with Crippen molar-refractivity contribution in [2.45, 2.75) is 6.43 Å². The van der Waals surface area contributed by atoms with Crippen LogP contribution in [0.3, 0.4) is 0 Å². The molecule has 14 heavy (non-hydrogen) atoms. The Morgan fingerprint density at radius 3 is 2.71 bits per heavy atom. The van der Waals surface area contributed by atoms with Crippen LogP contribution in [0, 0.1) is 2.88 Å². The summed E-state index contributed by atoms with van der Waals surface area (Å²) in [4.78, 5) is 0. The van der Waals surface area contributed by atoms with Gasteiger partial charge in [-0.05, 0) is 34.7 Å². The van der Waals surface area contributed by atoms with Gasteiger partial charge in [0, 0.05) is 10.9 Å². The molecule has 0 fully saturated rings. The number of halogens is 4. The maximum absolute atomic E-state index is 12.6. The van der Waals surface area contributed by atoms with E-state index in [-0.39, 0.29) is 5.56 Å². The normalized spacial score (nSPS) is 11.5. The van der Waals surface area contributed by atoms with Gasteiger partial charge in [0.25, 0.3) is 6.43 Å². The number of hydrogen-bond donors (Lipinski definition) is 0. The molecule has 0 N–H and O–H groups in total. The van der Waals surface area contributed by atoms with Gasteiger partial charge < -0.3 is 0 Å². The molecule has 1 aromatic heterocycles. The van der Waals surface area contributed by atoms with Gasteiger partial charge in [-0.15, -0.1) is 11.3 Å². The van der Waals surface area contributed by atoms with Crippen molar-refractivity contribution in [1.82, 2.24) is 0 Å². The Morgan fingerprint density at radius 1 is 1.36 bits per heavy atom. The van der Waals surface area contributed by atoms with Crippen LogP contribution >= 0.6 is 45.5 Å². The van der Waals surface area contributed by atoms with Gasteiger partial charge in [0.2, 0.25) is 0 Å².